The van der Waals surface area contributed by atoms with Gasteiger partial charge in [-0.05, 0) is 96.3 Å². The van der Waals surface area contributed by atoms with Gasteiger partial charge in [-0.25, -0.2) is 0 Å². The molecule has 1 aliphatic heterocycles. The Kier molecular flexibility index (Phi) is 46.3. The molecule has 1 saturated heterocycles. The largest absolute Gasteiger partial charge is 0.463 e. The van der Waals surface area contributed by atoms with Crippen LogP contribution in [0, 0.1) is 0 Å². The zero-order chi connectivity index (χ0) is 49.2. The zero-order valence-electron chi connectivity index (χ0n) is 44.7. The lowest BCUT2D eigenvalue weighted by Gasteiger charge is -2.26. The summed E-state index contributed by atoms with van der Waals surface area (Å²) < 4.78 is 23.1. The minimum atomic E-state index is -1.22. The van der Waals surface area contributed by atoms with Crippen LogP contribution in [0.2, 0.25) is 0 Å². The number of hydrogen-bond acceptors (Lipinski definition) is 8. The van der Waals surface area contributed by atoms with Gasteiger partial charge in [0.25, 0.3) is 0 Å². The third-order valence-corrected chi connectivity index (χ3v) is 13.4. The number of unbranched alkanes of at least 4 members (excludes halogenated alkanes) is 33. The highest BCUT2D eigenvalue weighted by Crippen LogP contribution is 2.26. The standard InChI is InChI=1S/C60H108O8/c1-4-7-10-13-16-19-22-25-28-31-34-37-40-43-46-49-56(62)65-52-54(61)59-60(68-58(64)51-48-45-42-39-36-33-30-27-24-21-18-15-12-9-6-3)55(53-66-59)67-57(63)50-47-44-41-38-35-32-29-26-23-20-17-14-11-8-5-2/h25-30,54-55,59-61H,4-24,31-53H2,1-3H3/b28-25-,29-26-,30-27+/t54-,55+,59-,60-/m1/s1. The van der Waals surface area contributed by atoms with Crippen LogP contribution in [0.1, 0.15) is 290 Å². The summed E-state index contributed by atoms with van der Waals surface area (Å²) in [7, 11) is 0. The van der Waals surface area contributed by atoms with E-state index >= 15 is 0 Å². The summed E-state index contributed by atoms with van der Waals surface area (Å²) in [6.07, 6.45) is 56.9. The van der Waals surface area contributed by atoms with Crippen molar-refractivity contribution in [3.63, 3.8) is 0 Å². The lowest BCUT2D eigenvalue weighted by atomic mass is 10.1. The van der Waals surface area contributed by atoms with Crippen LogP contribution in [0.4, 0.5) is 0 Å². The van der Waals surface area contributed by atoms with Crippen LogP contribution in [0.25, 0.3) is 0 Å². The SMILES string of the molecule is CCCCCCCC/C=C\CCCCCCCC(=O)OC[C@@H](O)[C@H]1OC[C@H](OC(=O)CCCCCCC/C=C\CCCCCCCC)[C@H]1OC(=O)CCCCCCC/C=C/CCCCCCCC. The highest BCUT2D eigenvalue weighted by molar-refractivity contribution is 5.71. The Morgan fingerprint density at radius 2 is 0.721 bits per heavy atom. The first-order valence-electron chi connectivity index (χ1n) is 29.2. The van der Waals surface area contributed by atoms with Crippen LogP contribution in [-0.2, 0) is 33.3 Å². The highest BCUT2D eigenvalue weighted by Gasteiger charge is 2.46. The van der Waals surface area contributed by atoms with E-state index in [4.69, 9.17) is 18.9 Å². The Bertz CT molecular complexity index is 1230. The van der Waals surface area contributed by atoms with E-state index in [-0.39, 0.29) is 38.0 Å². The fourth-order valence-electron chi connectivity index (χ4n) is 8.99. The van der Waals surface area contributed by atoms with Gasteiger partial charge in [0, 0.05) is 19.3 Å². The predicted octanol–water partition coefficient (Wildman–Crippen LogP) is 17.2. The van der Waals surface area contributed by atoms with E-state index in [1.165, 1.54) is 141 Å². The number of ether oxygens (including phenoxy) is 4. The molecule has 1 fully saturated rings. The molecule has 0 bridgehead atoms. The maximum absolute atomic E-state index is 13.1. The van der Waals surface area contributed by atoms with E-state index in [1.807, 2.05) is 0 Å². The average Bonchev–Trinajstić information content (AvgIpc) is 3.72. The lowest BCUT2D eigenvalue weighted by molar-refractivity contribution is -0.170. The van der Waals surface area contributed by atoms with E-state index < -0.39 is 30.4 Å². The van der Waals surface area contributed by atoms with Crippen molar-refractivity contribution < 1.29 is 38.4 Å². The van der Waals surface area contributed by atoms with E-state index in [2.05, 4.69) is 57.2 Å². The van der Waals surface area contributed by atoms with Crippen molar-refractivity contribution in [1.29, 1.82) is 0 Å². The third-order valence-electron chi connectivity index (χ3n) is 13.4. The zero-order valence-corrected chi connectivity index (χ0v) is 44.7. The van der Waals surface area contributed by atoms with Crippen molar-refractivity contribution in [1.82, 2.24) is 0 Å². The number of esters is 3. The van der Waals surface area contributed by atoms with Crippen molar-refractivity contribution in [2.75, 3.05) is 13.2 Å². The molecule has 0 spiro atoms. The number of allylic oxidation sites excluding steroid dienone is 6. The molecule has 8 heteroatoms. The van der Waals surface area contributed by atoms with Gasteiger partial charge in [-0.15, -0.1) is 0 Å². The van der Waals surface area contributed by atoms with Crippen LogP contribution in [0.15, 0.2) is 36.5 Å². The van der Waals surface area contributed by atoms with Gasteiger partial charge < -0.3 is 24.1 Å². The van der Waals surface area contributed by atoms with E-state index in [1.54, 1.807) is 0 Å². The van der Waals surface area contributed by atoms with Gasteiger partial charge in [-0.1, -0.05) is 211 Å². The first kappa shape index (κ1) is 63.6. The fraction of sp³-hybridized carbons (Fsp3) is 0.850. The van der Waals surface area contributed by atoms with E-state index in [0.717, 1.165) is 103 Å². The van der Waals surface area contributed by atoms with E-state index in [9.17, 15) is 19.5 Å². The number of aliphatic hydroxyl groups is 1. The molecule has 1 heterocycles. The molecule has 0 aromatic carbocycles. The highest BCUT2D eigenvalue weighted by atomic mass is 16.6. The number of hydrogen-bond donors (Lipinski definition) is 1. The topological polar surface area (TPSA) is 108 Å². The summed E-state index contributed by atoms with van der Waals surface area (Å²) in [4.78, 5) is 38.8. The second-order valence-electron chi connectivity index (χ2n) is 20.0. The fourth-order valence-corrected chi connectivity index (χ4v) is 8.99. The molecular weight excluding hydrogens is 849 g/mol. The number of carbonyl (C=O) groups is 3. The van der Waals surface area contributed by atoms with Crippen LogP contribution >= 0.6 is 0 Å². The normalized spacial score (nSPS) is 16.7. The summed E-state index contributed by atoms with van der Waals surface area (Å²) in [5.74, 6) is -1.11. The number of carbonyl (C=O) groups excluding carboxylic acids is 3. The van der Waals surface area contributed by atoms with Gasteiger partial charge in [-0.3, -0.25) is 14.4 Å². The molecule has 0 aliphatic carbocycles. The molecule has 0 aromatic rings. The molecule has 0 radical (unpaired) electrons. The summed E-state index contributed by atoms with van der Waals surface area (Å²) in [5.41, 5.74) is 0. The smallest absolute Gasteiger partial charge is 0.306 e. The molecular formula is C60H108O8. The van der Waals surface area contributed by atoms with Crippen LogP contribution in [-0.4, -0.2) is 60.6 Å². The van der Waals surface area contributed by atoms with Crippen molar-refractivity contribution >= 4 is 17.9 Å². The Labute approximate surface area is 419 Å². The van der Waals surface area contributed by atoms with Gasteiger partial charge in [0.1, 0.15) is 18.8 Å². The molecule has 0 unspecified atom stereocenters. The third kappa shape index (κ3) is 40.3. The number of aliphatic hydroxyl groups excluding tert-OH is 1. The van der Waals surface area contributed by atoms with Crippen molar-refractivity contribution in [3.05, 3.63) is 36.5 Å². The molecule has 396 valence electrons. The summed E-state index contributed by atoms with van der Waals surface area (Å²) in [5, 5.41) is 11.2. The van der Waals surface area contributed by atoms with Gasteiger partial charge in [0.2, 0.25) is 0 Å². The summed E-state index contributed by atoms with van der Waals surface area (Å²) in [6.45, 7) is 6.51. The molecule has 4 atom stereocenters. The van der Waals surface area contributed by atoms with Gasteiger partial charge >= 0.3 is 17.9 Å². The van der Waals surface area contributed by atoms with Crippen LogP contribution in [0.5, 0.6) is 0 Å². The first-order chi connectivity index (χ1) is 33.4. The Hall–Kier alpha value is -2.45. The lowest BCUT2D eigenvalue weighted by Crippen LogP contribution is -2.45. The Morgan fingerprint density at radius 3 is 1.07 bits per heavy atom. The summed E-state index contributed by atoms with van der Waals surface area (Å²) >= 11 is 0. The monoisotopic (exact) mass is 957 g/mol. The van der Waals surface area contributed by atoms with Gasteiger partial charge in [-0.2, -0.15) is 0 Å². The summed E-state index contributed by atoms with van der Waals surface area (Å²) in [6, 6.07) is 0. The average molecular weight is 958 g/mol. The number of rotatable bonds is 50. The minimum Gasteiger partial charge on any atom is -0.463 e. The van der Waals surface area contributed by atoms with Crippen molar-refractivity contribution in [2.24, 2.45) is 0 Å². The van der Waals surface area contributed by atoms with E-state index in [0.29, 0.717) is 12.8 Å². The molecule has 0 amide bonds. The molecule has 68 heavy (non-hydrogen) atoms. The quantitative estimate of drug-likeness (QED) is 0.0278. The molecule has 1 N–H and O–H groups in total. The first-order valence-corrected chi connectivity index (χ1v) is 29.2. The van der Waals surface area contributed by atoms with Gasteiger partial charge in [0.15, 0.2) is 12.2 Å². The molecule has 0 aromatic heterocycles. The van der Waals surface area contributed by atoms with Crippen molar-refractivity contribution in [2.45, 2.75) is 315 Å². The molecule has 1 rings (SSSR count). The maximum Gasteiger partial charge on any atom is 0.306 e. The Morgan fingerprint density at radius 1 is 0.426 bits per heavy atom. The molecule has 0 saturated carbocycles. The maximum atomic E-state index is 13.1. The second kappa shape index (κ2) is 49.5. The van der Waals surface area contributed by atoms with Crippen LogP contribution < -0.4 is 0 Å². The molecule has 1 aliphatic rings. The minimum absolute atomic E-state index is 0.00799. The van der Waals surface area contributed by atoms with Crippen molar-refractivity contribution in [3.8, 4) is 0 Å². The van der Waals surface area contributed by atoms with Gasteiger partial charge in [0.05, 0.1) is 6.61 Å². The van der Waals surface area contributed by atoms with Crippen LogP contribution in [0.3, 0.4) is 0 Å². The Balaban J connectivity index is 2.45. The second-order valence-corrected chi connectivity index (χ2v) is 20.0. The predicted molar refractivity (Wildman–Crippen MR) is 285 cm³/mol. The molecule has 8 nitrogen and oxygen atoms in total.